The van der Waals surface area contributed by atoms with Crippen molar-refractivity contribution in [2.75, 3.05) is 13.2 Å². The van der Waals surface area contributed by atoms with Gasteiger partial charge in [-0.1, -0.05) is 5.16 Å². The molecule has 2 aromatic heterocycles. The van der Waals surface area contributed by atoms with E-state index in [0.29, 0.717) is 18.0 Å². The number of esters is 1. The molecule has 0 aliphatic heterocycles. The highest BCUT2D eigenvalue weighted by Crippen LogP contribution is 2.21. The van der Waals surface area contributed by atoms with Gasteiger partial charge in [0.2, 0.25) is 0 Å². The van der Waals surface area contributed by atoms with Crippen LogP contribution in [-0.2, 0) is 9.47 Å². The van der Waals surface area contributed by atoms with Crippen molar-refractivity contribution in [3.63, 3.8) is 0 Å². The lowest BCUT2D eigenvalue weighted by Crippen LogP contribution is -2.14. The third kappa shape index (κ3) is 3.57. The van der Waals surface area contributed by atoms with Crippen molar-refractivity contribution in [2.45, 2.75) is 40.7 Å². The monoisotopic (exact) mass is 306 g/mol. The number of ether oxygens (including phenoxy) is 2. The molecule has 6 heteroatoms. The van der Waals surface area contributed by atoms with Crippen molar-refractivity contribution in [2.24, 2.45) is 0 Å². The van der Waals surface area contributed by atoms with Gasteiger partial charge in [0.1, 0.15) is 12.4 Å². The number of hydrogen-bond donors (Lipinski definition) is 0. The molecule has 6 nitrogen and oxygen atoms in total. The van der Waals surface area contributed by atoms with Gasteiger partial charge >= 0.3 is 5.97 Å². The van der Waals surface area contributed by atoms with Crippen LogP contribution in [0.5, 0.6) is 0 Å². The van der Waals surface area contributed by atoms with Crippen LogP contribution in [0.25, 0.3) is 5.82 Å². The van der Waals surface area contributed by atoms with Crippen LogP contribution in [0, 0.1) is 20.8 Å². The summed E-state index contributed by atoms with van der Waals surface area (Å²) in [6.07, 6.45) is 0.124. The standard InChI is InChI=1S/C16H22N2O4/c1-10(2)20-6-7-21-16(19)14-8-11(3)18(13(14)5)15-9-12(4)22-17-15/h8-10H,6-7H2,1-5H3. The first kappa shape index (κ1) is 16.3. The summed E-state index contributed by atoms with van der Waals surface area (Å²) >= 11 is 0. The summed E-state index contributed by atoms with van der Waals surface area (Å²) in [4.78, 5) is 12.2. The van der Waals surface area contributed by atoms with E-state index in [4.69, 9.17) is 14.0 Å². The van der Waals surface area contributed by atoms with E-state index in [0.717, 1.165) is 17.1 Å². The molecule has 0 amide bonds. The summed E-state index contributed by atoms with van der Waals surface area (Å²) in [6, 6.07) is 3.62. The molecule has 22 heavy (non-hydrogen) atoms. The van der Waals surface area contributed by atoms with Gasteiger partial charge in [-0.2, -0.15) is 0 Å². The molecule has 0 bridgehead atoms. The minimum absolute atomic E-state index is 0.124. The number of hydrogen-bond acceptors (Lipinski definition) is 5. The van der Waals surface area contributed by atoms with Gasteiger partial charge in [-0.15, -0.1) is 0 Å². The topological polar surface area (TPSA) is 66.5 Å². The second-order valence-electron chi connectivity index (χ2n) is 5.47. The van der Waals surface area contributed by atoms with Gasteiger partial charge in [0, 0.05) is 17.5 Å². The molecule has 0 aromatic carbocycles. The summed E-state index contributed by atoms with van der Waals surface area (Å²) in [6.45, 7) is 10.1. The van der Waals surface area contributed by atoms with Crippen LogP contribution in [0.3, 0.4) is 0 Å². The summed E-state index contributed by atoms with van der Waals surface area (Å²) in [5.41, 5.74) is 2.21. The Morgan fingerprint density at radius 2 is 2.00 bits per heavy atom. The maximum absolute atomic E-state index is 12.2. The second kappa shape index (κ2) is 6.79. The second-order valence-corrected chi connectivity index (χ2v) is 5.47. The van der Waals surface area contributed by atoms with E-state index in [1.807, 2.05) is 45.3 Å². The van der Waals surface area contributed by atoms with Gasteiger partial charge in [0.25, 0.3) is 0 Å². The van der Waals surface area contributed by atoms with Crippen molar-refractivity contribution >= 4 is 5.97 Å². The van der Waals surface area contributed by atoms with Gasteiger partial charge in [-0.05, 0) is 40.7 Å². The Morgan fingerprint density at radius 1 is 1.27 bits per heavy atom. The van der Waals surface area contributed by atoms with Crippen LogP contribution < -0.4 is 0 Å². The van der Waals surface area contributed by atoms with Crippen LogP contribution in [-0.4, -0.2) is 35.0 Å². The molecule has 0 aliphatic carbocycles. The number of nitrogens with zero attached hydrogens (tertiary/aromatic N) is 2. The quantitative estimate of drug-likeness (QED) is 0.606. The highest BCUT2D eigenvalue weighted by Gasteiger charge is 2.19. The van der Waals surface area contributed by atoms with Gasteiger partial charge < -0.3 is 14.0 Å². The Labute approximate surface area is 130 Å². The van der Waals surface area contributed by atoms with Crippen molar-refractivity contribution in [1.29, 1.82) is 0 Å². The normalized spacial score (nSPS) is 11.2. The van der Waals surface area contributed by atoms with Crippen molar-refractivity contribution < 1.29 is 18.8 Å². The fraction of sp³-hybridized carbons (Fsp3) is 0.500. The Balaban J connectivity index is 2.11. The molecule has 0 atom stereocenters. The van der Waals surface area contributed by atoms with Crippen LogP contribution in [0.15, 0.2) is 16.7 Å². The Morgan fingerprint density at radius 3 is 2.59 bits per heavy atom. The molecule has 0 radical (unpaired) electrons. The molecule has 0 spiro atoms. The van der Waals surface area contributed by atoms with E-state index in [9.17, 15) is 4.79 Å². The summed E-state index contributed by atoms with van der Waals surface area (Å²) < 4.78 is 17.6. The predicted octanol–water partition coefficient (Wildman–Crippen LogP) is 2.97. The lowest BCUT2D eigenvalue weighted by Gasteiger charge is -2.08. The highest BCUT2D eigenvalue weighted by molar-refractivity contribution is 5.91. The van der Waals surface area contributed by atoms with Gasteiger partial charge in [-0.25, -0.2) is 4.79 Å². The smallest absolute Gasteiger partial charge is 0.340 e. The average Bonchev–Trinajstić information content (AvgIpc) is 2.98. The lowest BCUT2D eigenvalue weighted by atomic mass is 10.2. The minimum Gasteiger partial charge on any atom is -0.460 e. The molecule has 0 aliphatic rings. The minimum atomic E-state index is -0.355. The van der Waals surface area contributed by atoms with Crippen LogP contribution in [0.2, 0.25) is 0 Å². The highest BCUT2D eigenvalue weighted by atomic mass is 16.6. The first-order chi connectivity index (χ1) is 10.4. The first-order valence-electron chi connectivity index (χ1n) is 7.31. The molecule has 0 saturated heterocycles. The molecule has 0 fully saturated rings. The van der Waals surface area contributed by atoms with E-state index in [-0.39, 0.29) is 18.7 Å². The van der Waals surface area contributed by atoms with Gasteiger partial charge in [-0.3, -0.25) is 4.57 Å². The predicted molar refractivity (Wildman–Crippen MR) is 81.4 cm³/mol. The molecular formula is C16H22N2O4. The molecule has 120 valence electrons. The summed E-state index contributed by atoms with van der Waals surface area (Å²) in [7, 11) is 0. The van der Waals surface area contributed by atoms with E-state index >= 15 is 0 Å². The number of carbonyl (C=O) groups is 1. The zero-order valence-electron chi connectivity index (χ0n) is 13.7. The van der Waals surface area contributed by atoms with Crippen molar-refractivity contribution in [3.05, 3.63) is 34.8 Å². The van der Waals surface area contributed by atoms with Gasteiger partial charge in [0.05, 0.1) is 18.3 Å². The zero-order chi connectivity index (χ0) is 16.3. The van der Waals surface area contributed by atoms with Crippen LogP contribution in [0.1, 0.15) is 41.4 Å². The zero-order valence-corrected chi connectivity index (χ0v) is 13.7. The number of rotatable bonds is 6. The van der Waals surface area contributed by atoms with Gasteiger partial charge in [0.15, 0.2) is 5.82 Å². The lowest BCUT2D eigenvalue weighted by molar-refractivity contribution is 0.0176. The van der Waals surface area contributed by atoms with E-state index in [1.54, 1.807) is 6.07 Å². The molecule has 0 saturated carbocycles. The summed E-state index contributed by atoms with van der Waals surface area (Å²) in [5, 5.41) is 3.99. The maximum atomic E-state index is 12.2. The molecule has 2 aromatic rings. The molecule has 2 rings (SSSR count). The fourth-order valence-electron chi connectivity index (χ4n) is 2.28. The third-order valence-corrected chi connectivity index (χ3v) is 3.26. The van der Waals surface area contributed by atoms with Crippen LogP contribution >= 0.6 is 0 Å². The number of carbonyl (C=O) groups excluding carboxylic acids is 1. The van der Waals surface area contributed by atoms with Crippen molar-refractivity contribution in [3.8, 4) is 5.82 Å². The Kier molecular flexibility index (Phi) is 5.03. The van der Waals surface area contributed by atoms with E-state index in [2.05, 4.69) is 5.16 Å². The first-order valence-corrected chi connectivity index (χ1v) is 7.31. The molecule has 0 unspecified atom stereocenters. The van der Waals surface area contributed by atoms with E-state index in [1.165, 1.54) is 0 Å². The van der Waals surface area contributed by atoms with Crippen LogP contribution in [0.4, 0.5) is 0 Å². The van der Waals surface area contributed by atoms with Crippen molar-refractivity contribution in [1.82, 2.24) is 9.72 Å². The molecule has 2 heterocycles. The fourth-order valence-corrected chi connectivity index (χ4v) is 2.28. The average molecular weight is 306 g/mol. The molecule has 0 N–H and O–H groups in total. The Bertz CT molecular complexity index is 655. The third-order valence-electron chi connectivity index (χ3n) is 3.26. The maximum Gasteiger partial charge on any atom is 0.340 e. The largest absolute Gasteiger partial charge is 0.460 e. The Hall–Kier alpha value is -2.08. The van der Waals surface area contributed by atoms with E-state index < -0.39 is 0 Å². The summed E-state index contributed by atoms with van der Waals surface area (Å²) in [5.74, 6) is 1.03. The number of aryl methyl sites for hydroxylation is 2. The molecular weight excluding hydrogens is 284 g/mol. The number of aromatic nitrogens is 2. The SMILES string of the molecule is Cc1cc(-n2c(C)cc(C(=O)OCCOC(C)C)c2C)no1.